The number of Topliss-reactive ketones (excluding diaryl/α,β-unsaturated/α-hetero) is 1. The summed E-state index contributed by atoms with van der Waals surface area (Å²) in [4.78, 5) is 22.5. The van der Waals surface area contributed by atoms with Crippen LogP contribution in [0.25, 0.3) is 0 Å². The van der Waals surface area contributed by atoms with E-state index in [2.05, 4.69) is 0 Å². The van der Waals surface area contributed by atoms with Crippen molar-refractivity contribution in [1.82, 2.24) is 0 Å². The molecule has 1 aliphatic rings. The molecule has 0 bridgehead atoms. The highest BCUT2D eigenvalue weighted by Gasteiger charge is 2.51. The van der Waals surface area contributed by atoms with Gasteiger partial charge < -0.3 is 10.2 Å². The molecule has 0 spiro atoms. The van der Waals surface area contributed by atoms with Gasteiger partial charge >= 0.3 is 5.97 Å². The molecule has 1 aromatic carbocycles. The molecule has 0 aromatic heterocycles. The number of carbonyl (C=O) groups is 2. The van der Waals surface area contributed by atoms with Gasteiger partial charge in [-0.05, 0) is 30.5 Å². The molecule has 0 radical (unpaired) electrons. The highest BCUT2D eigenvalue weighted by molar-refractivity contribution is 6.01. The molecule has 0 heterocycles. The number of aryl methyl sites for hydroxylation is 2. The van der Waals surface area contributed by atoms with Crippen molar-refractivity contribution in [3.8, 4) is 5.75 Å². The number of carboxylic acid groups (broad SMARTS) is 1. The average Bonchev–Trinajstić information content (AvgIpc) is 2.19. The molecule has 4 nitrogen and oxygen atoms in total. The Balaban J connectivity index is 2.53. The van der Waals surface area contributed by atoms with Crippen molar-refractivity contribution < 1.29 is 19.8 Å². The first-order valence-corrected chi connectivity index (χ1v) is 5.42. The monoisotopic (exact) mass is 234 g/mol. The summed E-state index contributed by atoms with van der Waals surface area (Å²) in [6.45, 7) is 3.45. The van der Waals surface area contributed by atoms with Gasteiger partial charge in [0.05, 0.1) is 0 Å². The van der Waals surface area contributed by atoms with Gasteiger partial charge in [0.2, 0.25) is 0 Å². The lowest BCUT2D eigenvalue weighted by Crippen LogP contribution is -2.48. The second-order valence-corrected chi connectivity index (χ2v) is 4.74. The Bertz CT molecular complexity index is 485. The Labute approximate surface area is 98.9 Å². The summed E-state index contributed by atoms with van der Waals surface area (Å²) < 4.78 is 0. The Hall–Kier alpha value is -1.84. The van der Waals surface area contributed by atoms with E-state index in [1.54, 1.807) is 26.0 Å². The lowest BCUT2D eigenvalue weighted by atomic mass is 9.63. The molecular weight excluding hydrogens is 220 g/mol. The summed E-state index contributed by atoms with van der Waals surface area (Å²) in [7, 11) is 0. The molecule has 1 fully saturated rings. The van der Waals surface area contributed by atoms with E-state index in [0.29, 0.717) is 16.7 Å². The Morgan fingerprint density at radius 3 is 2.06 bits per heavy atom. The maximum absolute atomic E-state index is 11.3. The van der Waals surface area contributed by atoms with Crippen LogP contribution in [-0.4, -0.2) is 22.0 Å². The number of hydrogen-bond donors (Lipinski definition) is 2. The van der Waals surface area contributed by atoms with E-state index < -0.39 is 11.4 Å². The van der Waals surface area contributed by atoms with Gasteiger partial charge in [0.15, 0.2) is 0 Å². The van der Waals surface area contributed by atoms with E-state index >= 15 is 0 Å². The Morgan fingerprint density at radius 1 is 1.24 bits per heavy atom. The predicted octanol–water partition coefficient (Wildman–Crippen LogP) is 1.69. The number of carboxylic acids is 1. The van der Waals surface area contributed by atoms with Gasteiger partial charge in [-0.1, -0.05) is 12.1 Å². The molecule has 1 aliphatic carbocycles. The first-order chi connectivity index (χ1) is 7.86. The van der Waals surface area contributed by atoms with Crippen molar-refractivity contribution in [3.05, 3.63) is 28.8 Å². The van der Waals surface area contributed by atoms with Gasteiger partial charge in [0.1, 0.15) is 16.9 Å². The number of carbonyl (C=O) groups excluding carboxylic acids is 1. The first kappa shape index (κ1) is 11.6. The van der Waals surface area contributed by atoms with Crippen LogP contribution in [0.5, 0.6) is 5.75 Å². The third-order valence-electron chi connectivity index (χ3n) is 3.45. The van der Waals surface area contributed by atoms with Gasteiger partial charge in [-0.3, -0.25) is 9.59 Å². The summed E-state index contributed by atoms with van der Waals surface area (Å²) in [5.74, 6) is -0.822. The summed E-state index contributed by atoms with van der Waals surface area (Å²) in [5, 5.41) is 19.0. The normalized spacial score (nSPS) is 17.6. The molecule has 90 valence electrons. The van der Waals surface area contributed by atoms with Crippen LogP contribution in [-0.2, 0) is 15.0 Å². The van der Waals surface area contributed by atoms with E-state index in [9.17, 15) is 19.8 Å². The molecule has 17 heavy (non-hydrogen) atoms. The minimum absolute atomic E-state index is 0.0317. The highest BCUT2D eigenvalue weighted by atomic mass is 16.4. The summed E-state index contributed by atoms with van der Waals surface area (Å²) in [6, 6.07) is 3.31. The average molecular weight is 234 g/mol. The third-order valence-corrected chi connectivity index (χ3v) is 3.45. The number of benzene rings is 1. The van der Waals surface area contributed by atoms with E-state index in [-0.39, 0.29) is 24.4 Å². The molecular formula is C13H14O4. The maximum atomic E-state index is 11.3. The van der Waals surface area contributed by atoms with Crippen LogP contribution in [0.3, 0.4) is 0 Å². The second-order valence-electron chi connectivity index (χ2n) is 4.74. The number of ketones is 1. The number of phenolic OH excluding ortho intramolecular Hbond substituents is 1. The fourth-order valence-corrected chi connectivity index (χ4v) is 2.33. The zero-order valence-corrected chi connectivity index (χ0v) is 9.78. The first-order valence-electron chi connectivity index (χ1n) is 5.42. The number of aromatic hydroxyl groups is 1. The Kier molecular flexibility index (Phi) is 2.45. The van der Waals surface area contributed by atoms with Crippen LogP contribution in [0.4, 0.5) is 0 Å². The molecule has 0 unspecified atom stereocenters. The van der Waals surface area contributed by atoms with Crippen LogP contribution in [0.2, 0.25) is 0 Å². The minimum Gasteiger partial charge on any atom is -0.507 e. The fraction of sp³-hybridized carbons (Fsp3) is 0.385. The number of phenols is 1. The zero-order valence-electron chi connectivity index (χ0n) is 9.78. The molecule has 0 saturated heterocycles. The van der Waals surface area contributed by atoms with Gasteiger partial charge in [-0.2, -0.15) is 0 Å². The van der Waals surface area contributed by atoms with Crippen LogP contribution >= 0.6 is 0 Å². The van der Waals surface area contributed by atoms with Crippen molar-refractivity contribution in [3.63, 3.8) is 0 Å². The quantitative estimate of drug-likeness (QED) is 0.816. The standard InChI is InChI=1S/C13H14O4/c1-7-3-9(4-8(2)11(7)15)13(12(16)17)5-10(14)6-13/h3-4,15H,5-6H2,1-2H3,(H,16,17). The van der Waals surface area contributed by atoms with Gasteiger partial charge in [0, 0.05) is 12.8 Å². The van der Waals surface area contributed by atoms with Gasteiger partial charge in [-0.15, -0.1) is 0 Å². The summed E-state index contributed by atoms with van der Waals surface area (Å²) in [6.07, 6.45) is 0.0952. The summed E-state index contributed by atoms with van der Waals surface area (Å²) in [5.41, 5.74) is 0.803. The predicted molar refractivity (Wildman–Crippen MR) is 61.1 cm³/mol. The minimum atomic E-state index is -1.08. The van der Waals surface area contributed by atoms with Gasteiger partial charge in [0.25, 0.3) is 0 Å². The lowest BCUT2D eigenvalue weighted by Gasteiger charge is -2.37. The number of aliphatic carboxylic acids is 1. The van der Waals surface area contributed by atoms with E-state index in [0.717, 1.165) is 0 Å². The van der Waals surface area contributed by atoms with Crippen molar-refractivity contribution in [2.75, 3.05) is 0 Å². The van der Waals surface area contributed by atoms with Crippen molar-refractivity contribution >= 4 is 11.8 Å². The van der Waals surface area contributed by atoms with E-state index in [1.807, 2.05) is 0 Å². The summed E-state index contributed by atoms with van der Waals surface area (Å²) >= 11 is 0. The maximum Gasteiger partial charge on any atom is 0.315 e. The van der Waals surface area contributed by atoms with Crippen LogP contribution < -0.4 is 0 Å². The topological polar surface area (TPSA) is 74.6 Å². The van der Waals surface area contributed by atoms with Crippen molar-refractivity contribution in [2.24, 2.45) is 0 Å². The molecule has 0 atom stereocenters. The Morgan fingerprint density at radius 2 is 1.71 bits per heavy atom. The van der Waals surface area contributed by atoms with Crippen LogP contribution in [0.1, 0.15) is 29.5 Å². The van der Waals surface area contributed by atoms with Crippen LogP contribution in [0, 0.1) is 13.8 Å². The number of rotatable bonds is 2. The molecule has 0 amide bonds. The van der Waals surface area contributed by atoms with E-state index in [4.69, 9.17) is 0 Å². The SMILES string of the molecule is Cc1cc(C2(C(=O)O)CC(=O)C2)cc(C)c1O. The van der Waals surface area contributed by atoms with Gasteiger partial charge in [-0.25, -0.2) is 0 Å². The second kappa shape index (κ2) is 3.58. The van der Waals surface area contributed by atoms with Crippen molar-refractivity contribution in [2.45, 2.75) is 32.1 Å². The molecule has 1 aromatic rings. The fourth-order valence-electron chi connectivity index (χ4n) is 2.33. The highest BCUT2D eigenvalue weighted by Crippen LogP contribution is 2.43. The molecule has 2 N–H and O–H groups in total. The third kappa shape index (κ3) is 1.60. The number of hydrogen-bond acceptors (Lipinski definition) is 3. The lowest BCUT2D eigenvalue weighted by molar-refractivity contribution is -0.153. The van der Waals surface area contributed by atoms with E-state index in [1.165, 1.54) is 0 Å². The molecule has 1 saturated carbocycles. The van der Waals surface area contributed by atoms with Crippen molar-refractivity contribution in [1.29, 1.82) is 0 Å². The zero-order chi connectivity index (χ0) is 12.8. The molecule has 2 rings (SSSR count). The van der Waals surface area contributed by atoms with Crippen LogP contribution in [0.15, 0.2) is 12.1 Å². The largest absolute Gasteiger partial charge is 0.507 e. The molecule has 4 heteroatoms. The molecule has 0 aliphatic heterocycles. The smallest absolute Gasteiger partial charge is 0.315 e.